The number of ether oxygens (including phenoxy) is 1. The Morgan fingerprint density at radius 2 is 1.85 bits per heavy atom. The standard InChI is InChI=1S/C20H22N2O2S.BrH/c1-14-4-5-15(2)18(12-14)21-20-22(10-11-23)19(13-25-20)16-6-8-17(24-3)9-7-16;/h4-9,12-13,23H,10-11H2,1-3H3;1H/p-1. The van der Waals surface area contributed by atoms with E-state index in [-0.39, 0.29) is 23.6 Å². The maximum absolute atomic E-state index is 9.50. The smallest absolute Gasteiger partial charge is 0.190 e. The molecule has 0 saturated heterocycles. The van der Waals surface area contributed by atoms with Crippen molar-refractivity contribution in [2.45, 2.75) is 20.4 Å². The van der Waals surface area contributed by atoms with Gasteiger partial charge in [0.1, 0.15) is 5.75 Å². The molecule has 138 valence electrons. The second-order valence-electron chi connectivity index (χ2n) is 5.91. The van der Waals surface area contributed by atoms with Crippen LogP contribution < -0.4 is 26.5 Å². The van der Waals surface area contributed by atoms with Crippen molar-refractivity contribution in [2.24, 2.45) is 4.99 Å². The van der Waals surface area contributed by atoms with Gasteiger partial charge in [-0.25, -0.2) is 4.99 Å². The molecule has 1 aromatic heterocycles. The number of nitrogens with zero attached hydrogens (tertiary/aromatic N) is 2. The van der Waals surface area contributed by atoms with Crippen molar-refractivity contribution >= 4 is 17.0 Å². The quantitative estimate of drug-likeness (QED) is 0.653. The summed E-state index contributed by atoms with van der Waals surface area (Å²) in [5.74, 6) is 0.827. The van der Waals surface area contributed by atoms with E-state index >= 15 is 0 Å². The first kappa shape index (κ1) is 20.4. The van der Waals surface area contributed by atoms with Crippen LogP contribution >= 0.6 is 11.3 Å². The van der Waals surface area contributed by atoms with Gasteiger partial charge in [-0.2, -0.15) is 0 Å². The maximum atomic E-state index is 9.50. The van der Waals surface area contributed by atoms with E-state index in [9.17, 15) is 5.11 Å². The lowest BCUT2D eigenvalue weighted by molar-refractivity contribution is -0.00000657. The van der Waals surface area contributed by atoms with Gasteiger partial charge in [-0.05, 0) is 60.9 Å². The fourth-order valence-corrected chi connectivity index (χ4v) is 3.62. The zero-order valence-corrected chi connectivity index (χ0v) is 17.5. The van der Waals surface area contributed by atoms with Gasteiger partial charge in [0.15, 0.2) is 4.80 Å². The lowest BCUT2D eigenvalue weighted by Gasteiger charge is -2.08. The van der Waals surface area contributed by atoms with Crippen LogP contribution in [0.15, 0.2) is 52.8 Å². The van der Waals surface area contributed by atoms with E-state index in [0.29, 0.717) is 6.54 Å². The Morgan fingerprint density at radius 3 is 2.50 bits per heavy atom. The molecule has 0 fully saturated rings. The van der Waals surface area contributed by atoms with Crippen molar-refractivity contribution in [1.29, 1.82) is 0 Å². The highest BCUT2D eigenvalue weighted by Gasteiger charge is 2.09. The highest BCUT2D eigenvalue weighted by Crippen LogP contribution is 2.24. The topological polar surface area (TPSA) is 46.8 Å². The molecule has 3 rings (SSSR count). The maximum Gasteiger partial charge on any atom is 0.190 e. The summed E-state index contributed by atoms with van der Waals surface area (Å²) in [6.45, 7) is 4.71. The third-order valence-corrected chi connectivity index (χ3v) is 4.95. The third-order valence-electron chi connectivity index (χ3n) is 4.09. The average molecular weight is 434 g/mol. The molecule has 4 nitrogen and oxygen atoms in total. The van der Waals surface area contributed by atoms with Gasteiger partial charge in [-0.15, -0.1) is 11.3 Å². The fourth-order valence-electron chi connectivity index (χ4n) is 2.67. The molecule has 1 heterocycles. The Kier molecular flexibility index (Phi) is 7.20. The summed E-state index contributed by atoms with van der Waals surface area (Å²) in [4.78, 5) is 5.73. The van der Waals surface area contributed by atoms with E-state index in [4.69, 9.17) is 9.73 Å². The van der Waals surface area contributed by atoms with Crippen LogP contribution in [-0.2, 0) is 6.54 Å². The van der Waals surface area contributed by atoms with E-state index in [2.05, 4.69) is 42.0 Å². The minimum atomic E-state index is 0. The number of hydrogen-bond donors (Lipinski definition) is 1. The van der Waals surface area contributed by atoms with Crippen molar-refractivity contribution in [3.63, 3.8) is 0 Å². The Balaban J connectivity index is 0.00000243. The van der Waals surface area contributed by atoms with Crippen LogP contribution in [0, 0.1) is 13.8 Å². The Morgan fingerprint density at radius 1 is 1.12 bits per heavy atom. The summed E-state index contributed by atoms with van der Waals surface area (Å²) in [5, 5.41) is 11.6. The van der Waals surface area contributed by atoms with E-state index < -0.39 is 0 Å². The van der Waals surface area contributed by atoms with E-state index in [0.717, 1.165) is 33.1 Å². The van der Waals surface area contributed by atoms with Crippen molar-refractivity contribution < 1.29 is 26.8 Å². The molecule has 0 aliphatic heterocycles. The summed E-state index contributed by atoms with van der Waals surface area (Å²) >= 11 is 1.58. The number of rotatable bonds is 5. The zero-order chi connectivity index (χ0) is 17.8. The van der Waals surface area contributed by atoms with Crippen molar-refractivity contribution in [3.05, 3.63) is 63.8 Å². The van der Waals surface area contributed by atoms with Crippen molar-refractivity contribution in [3.8, 4) is 17.0 Å². The van der Waals surface area contributed by atoms with Gasteiger partial charge in [-0.1, -0.05) is 12.1 Å². The first-order valence-corrected chi connectivity index (χ1v) is 9.06. The minimum Gasteiger partial charge on any atom is -1.00 e. The summed E-state index contributed by atoms with van der Waals surface area (Å²) < 4.78 is 7.29. The molecule has 0 radical (unpaired) electrons. The Bertz CT molecular complexity index is 930. The third kappa shape index (κ3) is 4.44. The lowest BCUT2D eigenvalue weighted by atomic mass is 10.1. The van der Waals surface area contributed by atoms with Crippen LogP contribution in [0.3, 0.4) is 0 Å². The van der Waals surface area contributed by atoms with Gasteiger partial charge in [0, 0.05) is 11.9 Å². The van der Waals surface area contributed by atoms with Crippen LogP contribution in [0.1, 0.15) is 11.1 Å². The first-order chi connectivity index (χ1) is 12.1. The van der Waals surface area contributed by atoms with Gasteiger partial charge in [0.25, 0.3) is 0 Å². The summed E-state index contributed by atoms with van der Waals surface area (Å²) in [5.41, 5.74) is 5.42. The average Bonchev–Trinajstić information content (AvgIpc) is 3.01. The number of benzene rings is 2. The molecule has 2 aromatic carbocycles. The van der Waals surface area contributed by atoms with Crippen LogP contribution in [-0.4, -0.2) is 23.4 Å². The van der Waals surface area contributed by atoms with Gasteiger partial charge in [-0.3, -0.25) is 0 Å². The van der Waals surface area contributed by atoms with Crippen molar-refractivity contribution in [2.75, 3.05) is 13.7 Å². The lowest BCUT2D eigenvalue weighted by Crippen LogP contribution is -3.00. The van der Waals surface area contributed by atoms with E-state index in [1.807, 2.05) is 24.3 Å². The predicted molar refractivity (Wildman–Crippen MR) is 103 cm³/mol. The molecule has 6 heteroatoms. The number of methoxy groups -OCH3 is 1. The second kappa shape index (κ2) is 9.16. The first-order valence-electron chi connectivity index (χ1n) is 8.18. The molecule has 0 aliphatic rings. The number of halogens is 1. The molecule has 0 bridgehead atoms. The number of aryl methyl sites for hydroxylation is 2. The van der Waals surface area contributed by atoms with Crippen LogP contribution in [0.25, 0.3) is 11.3 Å². The van der Waals surface area contributed by atoms with Gasteiger partial charge in [0.05, 0.1) is 25.1 Å². The Labute approximate surface area is 168 Å². The van der Waals surface area contributed by atoms with Crippen LogP contribution in [0.4, 0.5) is 5.69 Å². The van der Waals surface area contributed by atoms with E-state index in [1.165, 1.54) is 5.56 Å². The van der Waals surface area contributed by atoms with Crippen LogP contribution in [0.2, 0.25) is 0 Å². The molecule has 1 N–H and O–H groups in total. The highest BCUT2D eigenvalue weighted by atomic mass is 79.9. The highest BCUT2D eigenvalue weighted by molar-refractivity contribution is 7.07. The molecule has 3 aromatic rings. The monoisotopic (exact) mass is 433 g/mol. The summed E-state index contributed by atoms with van der Waals surface area (Å²) in [6, 6.07) is 14.2. The number of thiazole rings is 1. The van der Waals surface area contributed by atoms with Crippen molar-refractivity contribution in [1.82, 2.24) is 4.57 Å². The van der Waals surface area contributed by atoms with Crippen LogP contribution in [0.5, 0.6) is 5.75 Å². The second-order valence-corrected chi connectivity index (χ2v) is 6.75. The van der Waals surface area contributed by atoms with Gasteiger partial charge >= 0.3 is 0 Å². The molecular formula is C20H22BrN2O2S-. The summed E-state index contributed by atoms with van der Waals surface area (Å²) in [6.07, 6.45) is 0. The fraction of sp³-hybridized carbons (Fsp3) is 0.250. The zero-order valence-electron chi connectivity index (χ0n) is 15.1. The normalized spacial score (nSPS) is 11.3. The number of aromatic nitrogens is 1. The summed E-state index contributed by atoms with van der Waals surface area (Å²) in [7, 11) is 1.66. The molecule has 0 aliphatic carbocycles. The van der Waals surface area contributed by atoms with E-state index in [1.54, 1.807) is 18.4 Å². The molecule has 0 saturated carbocycles. The molecule has 0 atom stereocenters. The largest absolute Gasteiger partial charge is 1.00 e. The molecule has 26 heavy (non-hydrogen) atoms. The molecule has 0 spiro atoms. The number of aliphatic hydroxyl groups excluding tert-OH is 1. The predicted octanol–water partition coefficient (Wildman–Crippen LogP) is 1.07. The van der Waals surface area contributed by atoms with Gasteiger partial charge < -0.3 is 31.4 Å². The SMILES string of the molecule is COc1ccc(-c2csc(=Nc3cc(C)ccc3C)n2CCO)cc1.[Br-]. The minimum absolute atomic E-state index is 0. The molecular weight excluding hydrogens is 412 g/mol. The van der Waals surface area contributed by atoms with Gasteiger partial charge in [0.2, 0.25) is 0 Å². The number of aliphatic hydroxyl groups is 1. The molecule has 0 amide bonds. The number of hydrogen-bond acceptors (Lipinski definition) is 4. The molecule has 0 unspecified atom stereocenters. The Hall–Kier alpha value is -1.89.